The molecule has 2 rings (SSSR count). The third-order valence-electron chi connectivity index (χ3n) is 2.24. The van der Waals surface area contributed by atoms with E-state index in [1.807, 2.05) is 0 Å². The number of rotatable bonds is 2. The minimum Gasteiger partial charge on any atom is -0.329 e. The fourth-order valence-corrected chi connectivity index (χ4v) is 1.51. The van der Waals surface area contributed by atoms with Crippen molar-refractivity contribution >= 4 is 5.69 Å². The van der Waals surface area contributed by atoms with Crippen LogP contribution in [-0.2, 0) is 0 Å². The number of nitrogens with one attached hydrogen (secondary N) is 1. The Balaban J connectivity index is 2.69. The summed E-state index contributed by atoms with van der Waals surface area (Å²) in [6, 6.07) is 5.78. The molecule has 1 aromatic heterocycles. The van der Waals surface area contributed by atoms with Crippen LogP contribution in [0.4, 0.5) is 10.1 Å². The van der Waals surface area contributed by atoms with Crippen molar-refractivity contribution in [3.8, 4) is 11.1 Å². The summed E-state index contributed by atoms with van der Waals surface area (Å²) in [6.07, 6.45) is 1.35. The Bertz CT molecular complexity index is 637. The Labute approximate surface area is 94.7 Å². The van der Waals surface area contributed by atoms with Gasteiger partial charge in [-0.15, -0.1) is 0 Å². The van der Waals surface area contributed by atoms with E-state index in [2.05, 4.69) is 4.98 Å². The maximum atomic E-state index is 13.1. The molecule has 1 heterocycles. The van der Waals surface area contributed by atoms with Crippen LogP contribution in [-0.4, -0.2) is 9.91 Å². The monoisotopic (exact) mass is 234 g/mol. The lowest BCUT2D eigenvalue weighted by molar-refractivity contribution is -0.384. The molecule has 0 aliphatic rings. The summed E-state index contributed by atoms with van der Waals surface area (Å²) in [6.45, 7) is 0. The number of hydrogen-bond donors (Lipinski definition) is 1. The number of pyridine rings is 1. The first-order chi connectivity index (χ1) is 8.08. The first-order valence-corrected chi connectivity index (χ1v) is 4.71. The molecule has 0 aliphatic carbocycles. The average molecular weight is 234 g/mol. The standard InChI is InChI=1S/C11H7FN2O3/c12-8-1-2-10(14(16)17)9(6-8)7-3-4-13-11(15)5-7/h1-6H,(H,13,15). The third-order valence-corrected chi connectivity index (χ3v) is 2.24. The molecule has 0 fully saturated rings. The molecule has 0 saturated carbocycles. The van der Waals surface area contributed by atoms with Crippen molar-refractivity contribution in [2.75, 3.05) is 0 Å². The normalized spacial score (nSPS) is 10.2. The number of nitrogens with zero attached hydrogens (tertiary/aromatic N) is 1. The number of halogens is 1. The van der Waals surface area contributed by atoms with Crippen LogP contribution in [0, 0.1) is 15.9 Å². The van der Waals surface area contributed by atoms with E-state index in [0.717, 1.165) is 18.2 Å². The number of nitro benzene ring substituents is 1. The molecule has 0 bridgehead atoms. The van der Waals surface area contributed by atoms with E-state index in [9.17, 15) is 19.3 Å². The fraction of sp³-hybridized carbons (Fsp3) is 0. The number of benzene rings is 1. The van der Waals surface area contributed by atoms with Gasteiger partial charge in [-0.3, -0.25) is 14.9 Å². The molecule has 5 nitrogen and oxygen atoms in total. The van der Waals surface area contributed by atoms with Crippen molar-refractivity contribution in [2.24, 2.45) is 0 Å². The largest absolute Gasteiger partial charge is 0.329 e. The maximum absolute atomic E-state index is 13.1. The highest BCUT2D eigenvalue weighted by Crippen LogP contribution is 2.29. The molecule has 1 aromatic carbocycles. The lowest BCUT2D eigenvalue weighted by Crippen LogP contribution is -2.03. The molecular formula is C11H7FN2O3. The highest BCUT2D eigenvalue weighted by Gasteiger charge is 2.16. The predicted molar refractivity (Wildman–Crippen MR) is 59.1 cm³/mol. The summed E-state index contributed by atoms with van der Waals surface area (Å²) in [5, 5.41) is 10.8. The number of nitro groups is 1. The summed E-state index contributed by atoms with van der Waals surface area (Å²) < 4.78 is 13.1. The van der Waals surface area contributed by atoms with Gasteiger partial charge in [-0.25, -0.2) is 4.39 Å². The van der Waals surface area contributed by atoms with Gasteiger partial charge >= 0.3 is 0 Å². The van der Waals surface area contributed by atoms with Gasteiger partial charge in [0, 0.05) is 18.3 Å². The molecule has 17 heavy (non-hydrogen) atoms. The lowest BCUT2D eigenvalue weighted by Gasteiger charge is -2.02. The molecule has 0 saturated heterocycles. The first kappa shape index (κ1) is 11.0. The van der Waals surface area contributed by atoms with Gasteiger partial charge in [0.05, 0.1) is 10.5 Å². The second-order valence-electron chi connectivity index (χ2n) is 3.36. The third kappa shape index (κ3) is 2.20. The molecule has 0 unspecified atom stereocenters. The molecule has 6 heteroatoms. The van der Waals surface area contributed by atoms with Crippen LogP contribution in [0.5, 0.6) is 0 Å². The van der Waals surface area contributed by atoms with Gasteiger partial charge in [0.15, 0.2) is 0 Å². The zero-order valence-corrected chi connectivity index (χ0v) is 8.51. The molecule has 0 atom stereocenters. The molecule has 0 spiro atoms. The van der Waals surface area contributed by atoms with Crippen LogP contribution >= 0.6 is 0 Å². The van der Waals surface area contributed by atoms with Crippen LogP contribution in [0.3, 0.4) is 0 Å². The first-order valence-electron chi connectivity index (χ1n) is 4.71. The van der Waals surface area contributed by atoms with E-state index in [-0.39, 0.29) is 11.3 Å². The summed E-state index contributed by atoms with van der Waals surface area (Å²) in [7, 11) is 0. The quantitative estimate of drug-likeness (QED) is 0.638. The molecule has 0 radical (unpaired) electrons. The van der Waals surface area contributed by atoms with E-state index >= 15 is 0 Å². The lowest BCUT2D eigenvalue weighted by atomic mass is 10.1. The Kier molecular flexibility index (Phi) is 2.70. The van der Waals surface area contributed by atoms with Crippen LogP contribution in [0.25, 0.3) is 11.1 Å². The number of H-pyrrole nitrogens is 1. The fourth-order valence-electron chi connectivity index (χ4n) is 1.51. The van der Waals surface area contributed by atoms with Gasteiger partial charge in [-0.1, -0.05) is 0 Å². The Hall–Kier alpha value is -2.50. The Morgan fingerprint density at radius 2 is 2.00 bits per heavy atom. The minimum absolute atomic E-state index is 0.0844. The second-order valence-corrected chi connectivity index (χ2v) is 3.36. The summed E-state index contributed by atoms with van der Waals surface area (Å²) in [5.41, 5.74) is -0.251. The van der Waals surface area contributed by atoms with Crippen molar-refractivity contribution in [1.82, 2.24) is 4.98 Å². The maximum Gasteiger partial charge on any atom is 0.277 e. The van der Waals surface area contributed by atoms with Crippen molar-refractivity contribution in [1.29, 1.82) is 0 Å². The van der Waals surface area contributed by atoms with E-state index < -0.39 is 16.3 Å². The van der Waals surface area contributed by atoms with Crippen molar-refractivity contribution in [2.45, 2.75) is 0 Å². The minimum atomic E-state index is -0.615. The second kappa shape index (κ2) is 4.17. The van der Waals surface area contributed by atoms with Gasteiger partial charge < -0.3 is 4.98 Å². The molecule has 86 valence electrons. The van der Waals surface area contributed by atoms with E-state index in [1.165, 1.54) is 18.3 Å². The Morgan fingerprint density at radius 1 is 1.24 bits per heavy atom. The van der Waals surface area contributed by atoms with Gasteiger partial charge in [-0.2, -0.15) is 0 Å². The van der Waals surface area contributed by atoms with Gasteiger partial charge in [-0.05, 0) is 23.8 Å². The molecule has 0 aliphatic heterocycles. The number of hydrogen-bond acceptors (Lipinski definition) is 3. The van der Waals surface area contributed by atoms with Gasteiger partial charge in [0.1, 0.15) is 5.82 Å². The van der Waals surface area contributed by atoms with Crippen LogP contribution < -0.4 is 5.56 Å². The summed E-state index contributed by atoms with van der Waals surface area (Å²) in [5.74, 6) is -0.592. The average Bonchev–Trinajstić information content (AvgIpc) is 2.28. The van der Waals surface area contributed by atoms with Crippen LogP contribution in [0.2, 0.25) is 0 Å². The summed E-state index contributed by atoms with van der Waals surface area (Å²) >= 11 is 0. The SMILES string of the molecule is O=c1cc(-c2cc(F)ccc2[N+](=O)[O-])cc[nH]1. The van der Waals surface area contributed by atoms with E-state index in [0.29, 0.717) is 5.56 Å². The number of aromatic amines is 1. The predicted octanol–water partition coefficient (Wildman–Crippen LogP) is 2.09. The highest BCUT2D eigenvalue weighted by molar-refractivity contribution is 5.72. The molecule has 2 aromatic rings. The van der Waals surface area contributed by atoms with E-state index in [4.69, 9.17) is 0 Å². The zero-order valence-electron chi connectivity index (χ0n) is 8.51. The van der Waals surface area contributed by atoms with Gasteiger partial charge in [0.2, 0.25) is 5.56 Å². The topological polar surface area (TPSA) is 76.0 Å². The Morgan fingerprint density at radius 3 is 2.65 bits per heavy atom. The van der Waals surface area contributed by atoms with Crippen molar-refractivity contribution in [3.63, 3.8) is 0 Å². The van der Waals surface area contributed by atoms with Crippen LogP contribution in [0.1, 0.15) is 0 Å². The van der Waals surface area contributed by atoms with Gasteiger partial charge in [0.25, 0.3) is 5.69 Å². The zero-order chi connectivity index (χ0) is 12.4. The molecular weight excluding hydrogens is 227 g/mol. The van der Waals surface area contributed by atoms with Crippen LogP contribution in [0.15, 0.2) is 41.3 Å². The smallest absolute Gasteiger partial charge is 0.277 e. The molecule has 0 amide bonds. The number of aromatic nitrogens is 1. The molecule has 1 N–H and O–H groups in total. The van der Waals surface area contributed by atoms with Crippen molar-refractivity contribution in [3.05, 3.63) is 62.8 Å². The summed E-state index contributed by atoms with van der Waals surface area (Å²) in [4.78, 5) is 23.7. The highest BCUT2D eigenvalue weighted by atomic mass is 19.1. The van der Waals surface area contributed by atoms with Crippen molar-refractivity contribution < 1.29 is 9.31 Å². The van der Waals surface area contributed by atoms with E-state index in [1.54, 1.807) is 0 Å².